The van der Waals surface area contributed by atoms with Gasteiger partial charge < -0.3 is 4.52 Å². The van der Waals surface area contributed by atoms with Gasteiger partial charge in [-0.15, -0.1) is 4.52 Å². The molecule has 0 aliphatic carbocycles. The minimum atomic E-state index is -0.585. The summed E-state index contributed by atoms with van der Waals surface area (Å²) in [6, 6.07) is 6.47. The summed E-state index contributed by atoms with van der Waals surface area (Å²) in [7, 11) is 0. The quantitative estimate of drug-likeness (QED) is 0.330. The standard InChI is InChI=1S/C18H14ClN5O3S2/c1-8-12(14(27-22-8)15-9(2)21-23-29-15)7-13-16(25)20-18(28)24(17(13)26)11-5-3-10(19)4-6-11/h3-7,9,15H,1-2H3,(H,20,25,28)/b13-7+. The predicted molar refractivity (Wildman–Crippen MR) is 114 cm³/mol. The maximum absolute atomic E-state index is 13.1. The number of carbonyl (C=O) groups excluding carboxylic acids is 2. The van der Waals surface area contributed by atoms with E-state index < -0.39 is 11.8 Å². The summed E-state index contributed by atoms with van der Waals surface area (Å²) in [5.74, 6) is -0.614. The van der Waals surface area contributed by atoms with Crippen LogP contribution < -0.4 is 10.2 Å². The van der Waals surface area contributed by atoms with Crippen molar-refractivity contribution >= 4 is 64.5 Å². The maximum Gasteiger partial charge on any atom is 0.270 e. The molecule has 1 aromatic heterocycles. The van der Waals surface area contributed by atoms with E-state index >= 15 is 0 Å². The molecule has 148 valence electrons. The highest BCUT2D eigenvalue weighted by Crippen LogP contribution is 2.42. The summed E-state index contributed by atoms with van der Waals surface area (Å²) in [6.45, 7) is 3.65. The van der Waals surface area contributed by atoms with Crippen molar-refractivity contribution in [2.75, 3.05) is 4.90 Å². The molecule has 2 atom stereocenters. The van der Waals surface area contributed by atoms with Crippen molar-refractivity contribution in [1.29, 1.82) is 0 Å². The Balaban J connectivity index is 1.74. The van der Waals surface area contributed by atoms with Crippen molar-refractivity contribution in [2.24, 2.45) is 9.63 Å². The van der Waals surface area contributed by atoms with E-state index in [1.807, 2.05) is 6.92 Å². The second-order valence-corrected chi connectivity index (χ2v) is 8.15. The minimum Gasteiger partial charge on any atom is -0.359 e. The monoisotopic (exact) mass is 447 g/mol. The number of benzene rings is 1. The fourth-order valence-corrected chi connectivity index (χ4v) is 4.18. The number of halogens is 1. The lowest BCUT2D eigenvalue weighted by Crippen LogP contribution is -2.54. The Morgan fingerprint density at radius 2 is 2.03 bits per heavy atom. The second kappa shape index (κ2) is 7.69. The fraction of sp³-hybridized carbons (Fsp3) is 0.222. The number of nitrogens with one attached hydrogen (secondary N) is 1. The maximum atomic E-state index is 13.1. The van der Waals surface area contributed by atoms with Crippen LogP contribution in [0.4, 0.5) is 5.69 Å². The van der Waals surface area contributed by atoms with Crippen molar-refractivity contribution in [3.63, 3.8) is 0 Å². The first-order chi connectivity index (χ1) is 13.9. The second-order valence-electron chi connectivity index (χ2n) is 6.44. The summed E-state index contributed by atoms with van der Waals surface area (Å²) >= 11 is 12.4. The summed E-state index contributed by atoms with van der Waals surface area (Å²) < 4.78 is 9.44. The normalized spacial score (nSPS) is 23.2. The first kappa shape index (κ1) is 19.7. The molecule has 3 heterocycles. The molecule has 0 spiro atoms. The molecule has 2 aliphatic heterocycles. The molecule has 2 aliphatic rings. The van der Waals surface area contributed by atoms with Crippen LogP contribution in [-0.4, -0.2) is 28.1 Å². The summed E-state index contributed by atoms with van der Waals surface area (Å²) in [4.78, 5) is 27.0. The lowest BCUT2D eigenvalue weighted by atomic mass is 10.0. The Morgan fingerprint density at radius 1 is 1.31 bits per heavy atom. The van der Waals surface area contributed by atoms with Crippen LogP contribution >= 0.6 is 35.8 Å². The molecule has 2 aromatic rings. The predicted octanol–water partition coefficient (Wildman–Crippen LogP) is 4.01. The molecular weight excluding hydrogens is 434 g/mol. The minimum absolute atomic E-state index is 0.000642. The molecule has 1 aromatic carbocycles. The molecule has 0 saturated carbocycles. The first-order valence-electron chi connectivity index (χ1n) is 8.56. The van der Waals surface area contributed by atoms with Crippen molar-refractivity contribution < 1.29 is 14.1 Å². The van der Waals surface area contributed by atoms with Crippen LogP contribution in [-0.2, 0) is 9.59 Å². The third-order valence-electron chi connectivity index (χ3n) is 4.50. The van der Waals surface area contributed by atoms with Crippen LogP contribution in [0.2, 0.25) is 5.02 Å². The number of nitrogens with zero attached hydrogens (tertiary/aromatic N) is 4. The molecule has 8 nitrogen and oxygen atoms in total. The van der Waals surface area contributed by atoms with Gasteiger partial charge in [-0.2, -0.15) is 5.11 Å². The van der Waals surface area contributed by atoms with Crippen LogP contribution in [0, 0.1) is 6.92 Å². The molecule has 1 fully saturated rings. The number of hydrogen-bond acceptors (Lipinski definition) is 8. The Labute approximate surface area is 180 Å². The number of amides is 2. The van der Waals surface area contributed by atoms with Gasteiger partial charge in [-0.05, 0) is 56.4 Å². The van der Waals surface area contributed by atoms with Gasteiger partial charge in [0.05, 0.1) is 17.4 Å². The highest BCUT2D eigenvalue weighted by Gasteiger charge is 2.37. The van der Waals surface area contributed by atoms with Gasteiger partial charge in [-0.3, -0.25) is 19.8 Å². The Bertz CT molecular complexity index is 1080. The van der Waals surface area contributed by atoms with E-state index in [4.69, 9.17) is 28.3 Å². The summed E-state index contributed by atoms with van der Waals surface area (Å²) in [5, 5.41) is 11.0. The molecule has 2 amide bonds. The number of anilines is 1. The van der Waals surface area contributed by atoms with Gasteiger partial charge in [-0.25, -0.2) is 0 Å². The molecule has 11 heteroatoms. The van der Waals surface area contributed by atoms with Gasteiger partial charge in [0.25, 0.3) is 11.8 Å². The number of thiocarbonyl (C=S) groups is 1. The fourth-order valence-electron chi connectivity index (χ4n) is 2.97. The Morgan fingerprint density at radius 3 is 2.69 bits per heavy atom. The average Bonchev–Trinajstić information content (AvgIpc) is 3.25. The first-order valence-corrected chi connectivity index (χ1v) is 10.2. The Hall–Kier alpha value is -2.56. The molecule has 2 unspecified atom stereocenters. The largest absolute Gasteiger partial charge is 0.359 e. The van der Waals surface area contributed by atoms with Gasteiger partial charge in [0.15, 0.2) is 10.9 Å². The molecule has 4 rings (SSSR count). The molecular formula is C18H14ClN5O3S2. The van der Waals surface area contributed by atoms with Gasteiger partial charge in [-0.1, -0.05) is 16.8 Å². The topological polar surface area (TPSA) is 100 Å². The molecule has 0 radical (unpaired) electrons. The van der Waals surface area contributed by atoms with Crippen LogP contribution in [0.25, 0.3) is 6.08 Å². The van der Waals surface area contributed by atoms with Gasteiger partial charge in [0.2, 0.25) is 0 Å². The lowest BCUT2D eigenvalue weighted by Gasteiger charge is -2.29. The SMILES string of the molecule is Cc1noc(C2SN=NC2C)c1/C=C1\C(=O)NC(=S)N(c2ccc(Cl)cc2)C1=O. The molecule has 1 saturated heterocycles. The van der Waals surface area contributed by atoms with Gasteiger partial charge in [0.1, 0.15) is 10.8 Å². The van der Waals surface area contributed by atoms with E-state index in [0.717, 1.165) is 0 Å². The van der Waals surface area contributed by atoms with E-state index in [2.05, 4.69) is 20.1 Å². The number of rotatable bonds is 3. The van der Waals surface area contributed by atoms with E-state index in [1.54, 1.807) is 31.2 Å². The van der Waals surface area contributed by atoms with E-state index in [-0.39, 0.29) is 22.0 Å². The zero-order valence-electron chi connectivity index (χ0n) is 15.2. The number of aryl methyl sites for hydroxylation is 1. The highest BCUT2D eigenvalue weighted by atomic mass is 35.5. The van der Waals surface area contributed by atoms with Crippen molar-refractivity contribution in [3.8, 4) is 0 Å². The number of hydrogen-bond donors (Lipinski definition) is 1. The van der Waals surface area contributed by atoms with Crippen LogP contribution in [0.5, 0.6) is 0 Å². The van der Waals surface area contributed by atoms with E-state index in [1.165, 1.54) is 22.9 Å². The number of aromatic nitrogens is 1. The van der Waals surface area contributed by atoms with Crippen LogP contribution in [0.1, 0.15) is 29.2 Å². The number of carbonyl (C=O) groups is 2. The third kappa shape index (κ3) is 3.59. The zero-order chi connectivity index (χ0) is 20.7. The Kier molecular flexibility index (Phi) is 5.24. The summed E-state index contributed by atoms with van der Waals surface area (Å²) in [5.41, 5.74) is 1.53. The van der Waals surface area contributed by atoms with Gasteiger partial charge in [0, 0.05) is 22.5 Å². The molecule has 0 bridgehead atoms. The van der Waals surface area contributed by atoms with Crippen LogP contribution in [0.3, 0.4) is 0 Å². The highest BCUT2D eigenvalue weighted by molar-refractivity contribution is 7.98. The zero-order valence-corrected chi connectivity index (χ0v) is 17.6. The molecule has 29 heavy (non-hydrogen) atoms. The lowest BCUT2D eigenvalue weighted by molar-refractivity contribution is -0.122. The van der Waals surface area contributed by atoms with Crippen molar-refractivity contribution in [1.82, 2.24) is 10.5 Å². The van der Waals surface area contributed by atoms with Crippen LogP contribution in [0.15, 0.2) is 44.0 Å². The van der Waals surface area contributed by atoms with E-state index in [9.17, 15) is 9.59 Å². The van der Waals surface area contributed by atoms with E-state index in [0.29, 0.717) is 27.7 Å². The van der Waals surface area contributed by atoms with Crippen molar-refractivity contribution in [3.05, 3.63) is 51.9 Å². The summed E-state index contributed by atoms with van der Waals surface area (Å²) in [6.07, 6.45) is 1.48. The van der Waals surface area contributed by atoms with Gasteiger partial charge >= 0.3 is 0 Å². The smallest absolute Gasteiger partial charge is 0.270 e. The molecule has 1 N–H and O–H groups in total. The van der Waals surface area contributed by atoms with Crippen molar-refractivity contribution in [2.45, 2.75) is 25.1 Å². The average molecular weight is 448 g/mol. The third-order valence-corrected chi connectivity index (χ3v) is 6.06.